The number of ether oxygens (including phenoxy) is 2. The lowest BCUT2D eigenvalue weighted by Crippen LogP contribution is -2.42. The van der Waals surface area contributed by atoms with E-state index >= 15 is 0 Å². The van der Waals surface area contributed by atoms with Gasteiger partial charge < -0.3 is 9.47 Å². The van der Waals surface area contributed by atoms with Crippen LogP contribution >= 0.6 is 0 Å². The zero-order valence-electron chi connectivity index (χ0n) is 13.6. The van der Waals surface area contributed by atoms with Gasteiger partial charge in [-0.2, -0.15) is 8.78 Å². The molecule has 6 nitrogen and oxygen atoms in total. The molecule has 2 aromatic carbocycles. The van der Waals surface area contributed by atoms with Crippen LogP contribution in [0.3, 0.4) is 0 Å². The Bertz CT molecular complexity index is 782. The molecule has 0 aliphatic rings. The number of alkyl halides is 2. The lowest BCUT2D eigenvalue weighted by atomic mass is 10.1. The Kier molecular flexibility index (Phi) is 6.42. The Morgan fingerprint density at radius 2 is 1.73 bits per heavy atom. The fraction of sp³-hybridized carbons (Fsp3) is 0.176. The Morgan fingerprint density at radius 3 is 2.35 bits per heavy atom. The minimum atomic E-state index is -3.03. The molecule has 0 radical (unpaired) electrons. The van der Waals surface area contributed by atoms with Gasteiger partial charge in [-0.25, -0.2) is 4.39 Å². The molecule has 2 aromatic rings. The number of hydrazine groups is 1. The van der Waals surface area contributed by atoms with E-state index in [2.05, 4.69) is 15.6 Å². The zero-order chi connectivity index (χ0) is 19.1. The van der Waals surface area contributed by atoms with E-state index in [1.54, 1.807) is 0 Å². The summed E-state index contributed by atoms with van der Waals surface area (Å²) in [6.07, 6.45) is -0.0644. The molecule has 0 saturated heterocycles. The van der Waals surface area contributed by atoms with Gasteiger partial charge >= 0.3 is 6.61 Å². The van der Waals surface area contributed by atoms with Crippen LogP contribution in [0.1, 0.15) is 15.9 Å². The molecule has 0 aliphatic carbocycles. The van der Waals surface area contributed by atoms with Crippen molar-refractivity contribution in [2.24, 2.45) is 0 Å². The summed E-state index contributed by atoms with van der Waals surface area (Å²) in [6, 6.07) is 8.92. The lowest BCUT2D eigenvalue weighted by Gasteiger charge is -2.12. The number of hydrogen-bond donors (Lipinski definition) is 2. The summed E-state index contributed by atoms with van der Waals surface area (Å²) in [4.78, 5) is 23.8. The van der Waals surface area contributed by atoms with Crippen LogP contribution in [-0.4, -0.2) is 25.5 Å². The molecule has 0 atom stereocenters. The second-order valence-electron chi connectivity index (χ2n) is 5.05. The maximum Gasteiger partial charge on any atom is 0.387 e. The van der Waals surface area contributed by atoms with Gasteiger partial charge in [0.1, 0.15) is 5.82 Å². The summed E-state index contributed by atoms with van der Waals surface area (Å²) < 4.78 is 46.5. The van der Waals surface area contributed by atoms with Crippen LogP contribution < -0.4 is 20.3 Å². The first kappa shape index (κ1) is 19.1. The third kappa shape index (κ3) is 5.40. The quantitative estimate of drug-likeness (QED) is 0.768. The highest BCUT2D eigenvalue weighted by atomic mass is 19.3. The van der Waals surface area contributed by atoms with Crippen LogP contribution in [0.15, 0.2) is 42.5 Å². The van der Waals surface area contributed by atoms with E-state index in [4.69, 9.17) is 4.74 Å². The summed E-state index contributed by atoms with van der Waals surface area (Å²) in [5, 5.41) is 0. The van der Waals surface area contributed by atoms with Gasteiger partial charge in [-0.1, -0.05) is 12.1 Å². The zero-order valence-corrected chi connectivity index (χ0v) is 13.6. The van der Waals surface area contributed by atoms with Crippen molar-refractivity contribution in [3.05, 3.63) is 59.4 Å². The number of carbonyl (C=O) groups is 2. The summed E-state index contributed by atoms with van der Waals surface area (Å²) >= 11 is 0. The van der Waals surface area contributed by atoms with Gasteiger partial charge in [0.25, 0.3) is 5.91 Å². The molecule has 9 heteroatoms. The van der Waals surface area contributed by atoms with Crippen LogP contribution in [0.2, 0.25) is 0 Å². The van der Waals surface area contributed by atoms with E-state index in [-0.39, 0.29) is 23.5 Å². The van der Waals surface area contributed by atoms with Gasteiger partial charge in [0, 0.05) is 5.56 Å². The number of nitrogens with one attached hydrogen (secondary N) is 2. The third-order valence-corrected chi connectivity index (χ3v) is 3.24. The molecule has 26 heavy (non-hydrogen) atoms. The summed E-state index contributed by atoms with van der Waals surface area (Å²) in [5.74, 6) is -1.90. The second kappa shape index (κ2) is 8.75. The molecule has 2 amide bonds. The van der Waals surface area contributed by atoms with E-state index in [1.807, 2.05) is 0 Å². The molecule has 138 valence electrons. The molecule has 2 N–H and O–H groups in total. The van der Waals surface area contributed by atoms with Crippen molar-refractivity contribution < 1.29 is 32.2 Å². The fourth-order valence-corrected chi connectivity index (χ4v) is 2.03. The average molecular weight is 368 g/mol. The van der Waals surface area contributed by atoms with Crippen molar-refractivity contribution >= 4 is 11.8 Å². The summed E-state index contributed by atoms with van der Waals surface area (Å²) in [5.41, 5.74) is 5.01. The van der Waals surface area contributed by atoms with Crippen molar-refractivity contribution in [1.29, 1.82) is 0 Å². The minimum absolute atomic E-state index is 0.0596. The normalized spacial score (nSPS) is 10.3. The van der Waals surface area contributed by atoms with Crippen LogP contribution in [0.25, 0.3) is 0 Å². The molecule has 0 heterocycles. The number of halogens is 3. The Labute approximate surface area is 146 Å². The molecular formula is C17H15F3N2O4. The van der Waals surface area contributed by atoms with Crippen molar-refractivity contribution in [1.82, 2.24) is 10.9 Å². The first-order chi connectivity index (χ1) is 12.4. The third-order valence-electron chi connectivity index (χ3n) is 3.24. The van der Waals surface area contributed by atoms with Gasteiger partial charge in [0.2, 0.25) is 5.91 Å². The number of hydrogen-bond acceptors (Lipinski definition) is 4. The van der Waals surface area contributed by atoms with E-state index in [9.17, 15) is 22.8 Å². The monoisotopic (exact) mass is 368 g/mol. The smallest absolute Gasteiger partial charge is 0.387 e. The maximum atomic E-state index is 12.8. The Morgan fingerprint density at radius 1 is 1.04 bits per heavy atom. The standard InChI is InChI=1S/C17H15F3N2O4/c1-25-14-9-11(4-7-13(14)26-17(19)20)16(24)22-21-15(23)8-10-2-5-12(18)6-3-10/h2-7,9,17H,8H2,1H3,(H,21,23)(H,22,24). The van der Waals surface area contributed by atoms with E-state index in [0.29, 0.717) is 5.56 Å². The molecule has 0 bridgehead atoms. The van der Waals surface area contributed by atoms with Crippen molar-refractivity contribution in [3.8, 4) is 11.5 Å². The van der Waals surface area contributed by atoms with Crippen molar-refractivity contribution in [2.45, 2.75) is 13.0 Å². The van der Waals surface area contributed by atoms with Gasteiger partial charge in [-0.05, 0) is 35.9 Å². The molecule has 2 rings (SSSR count). The van der Waals surface area contributed by atoms with Gasteiger partial charge in [-0.15, -0.1) is 0 Å². The van der Waals surface area contributed by atoms with Gasteiger partial charge in [0.15, 0.2) is 11.5 Å². The number of rotatable bonds is 6. The first-order valence-corrected chi connectivity index (χ1v) is 7.35. The molecule has 0 spiro atoms. The molecule has 0 aromatic heterocycles. The van der Waals surface area contributed by atoms with Gasteiger partial charge in [-0.3, -0.25) is 20.4 Å². The number of methoxy groups -OCH3 is 1. The van der Waals surface area contributed by atoms with E-state index in [1.165, 1.54) is 43.5 Å². The van der Waals surface area contributed by atoms with Crippen LogP contribution in [-0.2, 0) is 11.2 Å². The van der Waals surface area contributed by atoms with Crippen molar-refractivity contribution in [2.75, 3.05) is 7.11 Å². The van der Waals surface area contributed by atoms with Crippen LogP contribution in [0, 0.1) is 5.82 Å². The molecular weight excluding hydrogens is 353 g/mol. The highest BCUT2D eigenvalue weighted by molar-refractivity contribution is 5.96. The largest absolute Gasteiger partial charge is 0.493 e. The van der Waals surface area contributed by atoms with Crippen LogP contribution in [0.4, 0.5) is 13.2 Å². The molecule has 0 saturated carbocycles. The van der Waals surface area contributed by atoms with Crippen molar-refractivity contribution in [3.63, 3.8) is 0 Å². The Hall–Kier alpha value is -3.23. The minimum Gasteiger partial charge on any atom is -0.493 e. The molecule has 0 aliphatic heterocycles. The van der Waals surface area contributed by atoms with Crippen LogP contribution in [0.5, 0.6) is 11.5 Å². The molecule has 0 fully saturated rings. The highest BCUT2D eigenvalue weighted by Gasteiger charge is 2.14. The van der Waals surface area contributed by atoms with Gasteiger partial charge in [0.05, 0.1) is 13.5 Å². The number of amides is 2. The average Bonchev–Trinajstić information content (AvgIpc) is 2.61. The predicted molar refractivity (Wildman–Crippen MR) is 85.3 cm³/mol. The second-order valence-corrected chi connectivity index (χ2v) is 5.05. The summed E-state index contributed by atoms with van der Waals surface area (Å²) in [7, 11) is 1.24. The number of benzene rings is 2. The maximum absolute atomic E-state index is 12.8. The van der Waals surface area contributed by atoms with E-state index in [0.717, 1.165) is 6.07 Å². The predicted octanol–water partition coefficient (Wildman–Crippen LogP) is 2.44. The highest BCUT2D eigenvalue weighted by Crippen LogP contribution is 2.29. The fourth-order valence-electron chi connectivity index (χ4n) is 2.03. The van der Waals surface area contributed by atoms with E-state index < -0.39 is 24.2 Å². The lowest BCUT2D eigenvalue weighted by molar-refractivity contribution is -0.121. The SMILES string of the molecule is COc1cc(C(=O)NNC(=O)Cc2ccc(F)cc2)ccc1OC(F)F. The first-order valence-electron chi connectivity index (χ1n) is 7.35. The Balaban J connectivity index is 1.94. The number of carbonyl (C=O) groups excluding carboxylic acids is 2. The summed E-state index contributed by atoms with van der Waals surface area (Å²) in [6.45, 7) is -3.03. The molecule has 0 unspecified atom stereocenters. The topological polar surface area (TPSA) is 76.7 Å².